The molecule has 0 radical (unpaired) electrons. The second-order valence-electron chi connectivity index (χ2n) is 8.02. The van der Waals surface area contributed by atoms with Gasteiger partial charge in [-0.1, -0.05) is 43.9 Å². The largest absolute Gasteiger partial charge is 0.496 e. The van der Waals surface area contributed by atoms with Gasteiger partial charge >= 0.3 is 0 Å². The number of benzene rings is 1. The number of methoxy groups -OCH3 is 1. The molecule has 0 aromatic heterocycles. The van der Waals surface area contributed by atoms with Gasteiger partial charge in [0.1, 0.15) is 5.75 Å². The summed E-state index contributed by atoms with van der Waals surface area (Å²) < 4.78 is 36.0. The van der Waals surface area contributed by atoms with Crippen LogP contribution in [0.5, 0.6) is 5.75 Å². The molecule has 7 heteroatoms. The summed E-state index contributed by atoms with van der Waals surface area (Å²) in [5.74, 6) is 0.818. The van der Waals surface area contributed by atoms with E-state index in [2.05, 4.69) is 15.7 Å². The third-order valence-electron chi connectivity index (χ3n) is 6.26. The van der Waals surface area contributed by atoms with Crippen LogP contribution >= 0.6 is 0 Å². The molecule has 0 bridgehead atoms. The molecule has 2 aliphatic rings. The molecule has 6 nitrogen and oxygen atoms in total. The molecule has 28 heavy (non-hydrogen) atoms. The van der Waals surface area contributed by atoms with E-state index in [4.69, 9.17) is 4.74 Å². The van der Waals surface area contributed by atoms with Gasteiger partial charge in [0.05, 0.1) is 13.2 Å². The fraction of sp³-hybridized carbons (Fsp3) is 0.714. The number of hydrogen-bond acceptors (Lipinski definition) is 4. The summed E-state index contributed by atoms with van der Waals surface area (Å²) >= 11 is 0. The minimum Gasteiger partial charge on any atom is -0.496 e. The molecular weight excluding hydrogens is 374 g/mol. The van der Waals surface area contributed by atoms with Crippen molar-refractivity contribution in [1.82, 2.24) is 13.9 Å². The Labute approximate surface area is 170 Å². The summed E-state index contributed by atoms with van der Waals surface area (Å²) in [5.41, 5.74) is 1.05. The van der Waals surface area contributed by atoms with Crippen LogP contribution in [0.3, 0.4) is 0 Å². The number of piperidine rings is 1. The molecule has 1 atom stereocenters. The Morgan fingerprint density at radius 1 is 1.11 bits per heavy atom. The van der Waals surface area contributed by atoms with E-state index in [0.29, 0.717) is 6.54 Å². The van der Waals surface area contributed by atoms with Gasteiger partial charge in [0.25, 0.3) is 10.2 Å². The van der Waals surface area contributed by atoms with Crippen LogP contribution in [-0.2, 0) is 10.2 Å². The van der Waals surface area contributed by atoms with E-state index in [0.717, 1.165) is 62.9 Å². The van der Waals surface area contributed by atoms with E-state index in [-0.39, 0.29) is 12.1 Å². The van der Waals surface area contributed by atoms with E-state index < -0.39 is 10.2 Å². The maximum Gasteiger partial charge on any atom is 0.279 e. The first-order chi connectivity index (χ1) is 13.5. The molecule has 1 unspecified atom stereocenters. The summed E-state index contributed by atoms with van der Waals surface area (Å²) in [6.07, 6.45) is 8.90. The van der Waals surface area contributed by atoms with Crippen molar-refractivity contribution in [1.29, 1.82) is 0 Å². The van der Waals surface area contributed by atoms with Crippen LogP contribution in [0.1, 0.15) is 63.0 Å². The van der Waals surface area contributed by atoms with Gasteiger partial charge in [-0.15, -0.1) is 0 Å². The van der Waals surface area contributed by atoms with E-state index in [1.807, 2.05) is 18.2 Å². The molecule has 0 spiro atoms. The van der Waals surface area contributed by atoms with Crippen LogP contribution in [0, 0.1) is 0 Å². The Morgan fingerprint density at radius 2 is 1.75 bits per heavy atom. The van der Waals surface area contributed by atoms with Crippen molar-refractivity contribution < 1.29 is 13.2 Å². The van der Waals surface area contributed by atoms with Gasteiger partial charge in [0.2, 0.25) is 0 Å². The number of rotatable bonds is 8. The molecule has 1 aromatic rings. The van der Waals surface area contributed by atoms with Gasteiger partial charge in [-0.25, -0.2) is 4.72 Å². The first-order valence-corrected chi connectivity index (χ1v) is 12.1. The number of nitrogens with zero attached hydrogens (tertiary/aromatic N) is 2. The van der Waals surface area contributed by atoms with Gasteiger partial charge in [0, 0.05) is 25.2 Å². The minimum atomic E-state index is -3.51. The zero-order valence-corrected chi connectivity index (χ0v) is 18.1. The summed E-state index contributed by atoms with van der Waals surface area (Å²) in [6, 6.07) is 8.05. The van der Waals surface area contributed by atoms with Crippen LogP contribution < -0.4 is 9.46 Å². The number of ether oxygens (including phenoxy) is 1. The van der Waals surface area contributed by atoms with Gasteiger partial charge < -0.3 is 4.74 Å². The number of likely N-dealkylation sites (tertiary alicyclic amines) is 1. The lowest BCUT2D eigenvalue weighted by atomic mass is 9.96. The number of para-hydroxylation sites is 1. The van der Waals surface area contributed by atoms with Crippen molar-refractivity contribution in [3.63, 3.8) is 0 Å². The number of hydrogen-bond donors (Lipinski definition) is 1. The van der Waals surface area contributed by atoms with Crippen LogP contribution in [0.2, 0.25) is 0 Å². The second kappa shape index (κ2) is 10.1. The summed E-state index contributed by atoms with van der Waals surface area (Å²) in [6.45, 7) is 2.34. The second-order valence-corrected chi connectivity index (χ2v) is 9.83. The minimum absolute atomic E-state index is 0.0222. The Kier molecular flexibility index (Phi) is 7.74. The van der Waals surface area contributed by atoms with Crippen molar-refractivity contribution in [2.45, 2.75) is 63.5 Å². The quantitative estimate of drug-likeness (QED) is 0.715. The molecule has 3 rings (SSSR count). The predicted molar refractivity (Wildman–Crippen MR) is 113 cm³/mol. The van der Waals surface area contributed by atoms with E-state index in [1.54, 1.807) is 18.5 Å². The third kappa shape index (κ3) is 5.26. The Bertz CT molecular complexity index is 713. The maximum atomic E-state index is 13.0. The van der Waals surface area contributed by atoms with Crippen LogP contribution in [0.4, 0.5) is 0 Å². The van der Waals surface area contributed by atoms with Crippen LogP contribution in [0.15, 0.2) is 24.3 Å². The highest BCUT2D eigenvalue weighted by atomic mass is 32.2. The Balaban J connectivity index is 1.75. The van der Waals surface area contributed by atoms with Crippen molar-refractivity contribution in [2.75, 3.05) is 33.8 Å². The highest BCUT2D eigenvalue weighted by Gasteiger charge is 2.30. The normalized spacial score (nSPS) is 21.0. The van der Waals surface area contributed by atoms with E-state index in [1.165, 1.54) is 12.8 Å². The third-order valence-corrected chi connectivity index (χ3v) is 7.84. The highest BCUT2D eigenvalue weighted by Crippen LogP contribution is 2.31. The van der Waals surface area contributed by atoms with E-state index in [9.17, 15) is 8.42 Å². The number of nitrogens with one attached hydrogen (secondary N) is 1. The maximum absolute atomic E-state index is 13.0. The molecule has 158 valence electrons. The Hall–Kier alpha value is -1.15. The molecule has 1 saturated carbocycles. The van der Waals surface area contributed by atoms with Crippen molar-refractivity contribution in [2.24, 2.45) is 0 Å². The average molecular weight is 410 g/mol. The average Bonchev–Trinajstić information content (AvgIpc) is 2.75. The fourth-order valence-electron chi connectivity index (χ4n) is 4.53. The molecule has 1 heterocycles. The molecule has 1 aromatic carbocycles. The molecule has 1 aliphatic carbocycles. The van der Waals surface area contributed by atoms with Gasteiger partial charge in [0.15, 0.2) is 0 Å². The fourth-order valence-corrected chi connectivity index (χ4v) is 5.71. The highest BCUT2D eigenvalue weighted by molar-refractivity contribution is 7.87. The molecule has 1 N–H and O–H groups in total. The molecule has 2 fully saturated rings. The Morgan fingerprint density at radius 3 is 2.43 bits per heavy atom. The van der Waals surface area contributed by atoms with Crippen molar-refractivity contribution >= 4 is 10.2 Å². The first kappa shape index (κ1) is 21.6. The summed E-state index contributed by atoms with van der Waals surface area (Å²) in [7, 11) is -0.112. The summed E-state index contributed by atoms with van der Waals surface area (Å²) in [5, 5.41) is 0. The molecular formula is C21H35N3O3S. The topological polar surface area (TPSA) is 61.9 Å². The van der Waals surface area contributed by atoms with Crippen molar-refractivity contribution in [3.05, 3.63) is 29.8 Å². The SMILES string of the molecule is COc1ccccc1C(CNS(=O)(=O)N(C)C1CCCCC1)N1CCCCC1. The lowest BCUT2D eigenvalue weighted by Gasteiger charge is -2.36. The van der Waals surface area contributed by atoms with Gasteiger partial charge in [-0.2, -0.15) is 12.7 Å². The summed E-state index contributed by atoms with van der Waals surface area (Å²) in [4.78, 5) is 2.39. The smallest absolute Gasteiger partial charge is 0.279 e. The van der Waals surface area contributed by atoms with Crippen LogP contribution in [0.25, 0.3) is 0 Å². The monoisotopic (exact) mass is 409 g/mol. The lowest BCUT2D eigenvalue weighted by Crippen LogP contribution is -2.48. The molecule has 0 amide bonds. The zero-order valence-electron chi connectivity index (χ0n) is 17.3. The van der Waals surface area contributed by atoms with Crippen LogP contribution in [-0.4, -0.2) is 57.5 Å². The lowest BCUT2D eigenvalue weighted by molar-refractivity contribution is 0.161. The van der Waals surface area contributed by atoms with Gasteiger partial charge in [-0.3, -0.25) is 4.90 Å². The molecule has 1 saturated heterocycles. The first-order valence-electron chi connectivity index (χ1n) is 10.6. The van der Waals surface area contributed by atoms with E-state index >= 15 is 0 Å². The van der Waals surface area contributed by atoms with Crippen molar-refractivity contribution in [3.8, 4) is 5.75 Å². The molecule has 1 aliphatic heterocycles. The zero-order chi connectivity index (χ0) is 20.0. The standard InChI is InChI=1S/C21H35N3O3S/c1-23(18-11-5-3-6-12-18)28(25,26)22-17-20(24-15-9-4-10-16-24)19-13-7-8-14-21(19)27-2/h7-8,13-14,18,20,22H,3-6,9-12,15-17H2,1-2H3. The predicted octanol–water partition coefficient (Wildman–Crippen LogP) is 3.32. The van der Waals surface area contributed by atoms with Gasteiger partial charge in [-0.05, 0) is 44.8 Å².